The Morgan fingerprint density at radius 3 is 3.10 bits per heavy atom. The van der Waals surface area contributed by atoms with E-state index in [0.717, 1.165) is 6.20 Å². The lowest BCUT2D eigenvalue weighted by atomic mass is 10.4. The van der Waals surface area contributed by atoms with E-state index in [1.54, 1.807) is 12.1 Å². The molecule has 0 aliphatic heterocycles. The van der Waals surface area contributed by atoms with Crippen LogP contribution in [0.1, 0.15) is 5.76 Å². The van der Waals surface area contributed by atoms with Crippen LogP contribution in [0.4, 0.5) is 0 Å². The van der Waals surface area contributed by atoms with Crippen LogP contribution in [-0.4, -0.2) is 5.11 Å². The van der Waals surface area contributed by atoms with E-state index in [9.17, 15) is 0 Å². The van der Waals surface area contributed by atoms with Gasteiger partial charge >= 0.3 is 6.20 Å². The van der Waals surface area contributed by atoms with E-state index in [2.05, 4.69) is 4.98 Å². The minimum atomic E-state index is -0.201. The number of rotatable bonds is 1. The van der Waals surface area contributed by atoms with Crippen LogP contribution in [0, 0.1) is 5.39 Å². The lowest BCUT2D eigenvalue weighted by Crippen LogP contribution is -1.74. The van der Waals surface area contributed by atoms with Crippen molar-refractivity contribution in [2.75, 3.05) is 0 Å². The Hall–Kier alpha value is -1.76. The van der Waals surface area contributed by atoms with Gasteiger partial charge in [-0.05, 0) is 12.1 Å². The summed E-state index contributed by atoms with van der Waals surface area (Å²) in [5.74, 6) is 0.0744. The SMILES string of the molecule is N#[N+]C=C(O)c1ccco1. The molecule has 0 saturated heterocycles. The van der Waals surface area contributed by atoms with E-state index in [-0.39, 0.29) is 11.5 Å². The quantitative estimate of drug-likeness (QED) is 0.475. The maximum Gasteiger partial charge on any atom is 0.395 e. The van der Waals surface area contributed by atoms with Crippen LogP contribution < -0.4 is 0 Å². The first-order valence-electron chi connectivity index (χ1n) is 2.62. The van der Waals surface area contributed by atoms with Crippen molar-refractivity contribution < 1.29 is 9.52 Å². The molecule has 0 bridgehead atoms. The minimum absolute atomic E-state index is 0.201. The summed E-state index contributed by atoms with van der Waals surface area (Å²) in [6, 6.07) is 3.17. The highest BCUT2D eigenvalue weighted by Crippen LogP contribution is 2.10. The molecular weight excluding hydrogens is 132 g/mol. The summed E-state index contributed by atoms with van der Waals surface area (Å²) in [4.78, 5) is 2.62. The number of aliphatic hydroxyl groups is 1. The van der Waals surface area contributed by atoms with Crippen molar-refractivity contribution >= 4 is 5.76 Å². The van der Waals surface area contributed by atoms with Crippen LogP contribution in [0.3, 0.4) is 0 Å². The molecule has 1 N–H and O–H groups in total. The van der Waals surface area contributed by atoms with Crippen LogP contribution in [-0.2, 0) is 0 Å². The molecule has 0 spiro atoms. The number of nitrogens with zero attached hydrogens (tertiary/aromatic N) is 2. The summed E-state index contributed by atoms with van der Waals surface area (Å²) >= 11 is 0. The van der Waals surface area contributed by atoms with Crippen molar-refractivity contribution in [2.24, 2.45) is 0 Å². The molecule has 0 aliphatic rings. The van der Waals surface area contributed by atoms with Gasteiger partial charge in [0, 0.05) is 0 Å². The Morgan fingerprint density at radius 1 is 1.80 bits per heavy atom. The minimum Gasteiger partial charge on any atom is -0.499 e. The van der Waals surface area contributed by atoms with Crippen molar-refractivity contribution in [3.05, 3.63) is 35.3 Å². The van der Waals surface area contributed by atoms with Crippen molar-refractivity contribution in [3.63, 3.8) is 0 Å². The first-order chi connectivity index (χ1) is 4.84. The maximum absolute atomic E-state index is 8.92. The molecule has 1 aromatic rings. The zero-order valence-corrected chi connectivity index (χ0v) is 5.06. The zero-order valence-electron chi connectivity index (χ0n) is 5.06. The third kappa shape index (κ3) is 1.14. The predicted octanol–water partition coefficient (Wildman–Crippen LogP) is 1.99. The Bertz CT molecular complexity index is 268. The Labute approximate surface area is 57.0 Å². The van der Waals surface area contributed by atoms with Gasteiger partial charge in [-0.25, -0.2) is 0 Å². The van der Waals surface area contributed by atoms with E-state index in [4.69, 9.17) is 14.9 Å². The lowest BCUT2D eigenvalue weighted by molar-refractivity contribution is 0.459. The van der Waals surface area contributed by atoms with Crippen LogP contribution in [0.5, 0.6) is 0 Å². The fourth-order valence-electron chi connectivity index (χ4n) is 0.543. The number of hydrogen-bond donors (Lipinski definition) is 1. The first-order valence-corrected chi connectivity index (χ1v) is 2.62. The van der Waals surface area contributed by atoms with Crippen molar-refractivity contribution in [1.82, 2.24) is 0 Å². The summed E-state index contributed by atoms with van der Waals surface area (Å²) in [7, 11) is 0. The molecule has 4 nitrogen and oxygen atoms in total. The highest BCUT2D eigenvalue weighted by Gasteiger charge is 2.05. The molecule has 0 unspecified atom stereocenters. The third-order valence-electron chi connectivity index (χ3n) is 0.954. The van der Waals surface area contributed by atoms with Gasteiger partial charge in [-0.15, -0.1) is 0 Å². The number of hydrogen-bond acceptors (Lipinski definition) is 3. The molecule has 10 heavy (non-hydrogen) atoms. The standard InChI is InChI=1S/C6H4N2O2/c7-8-4-5(9)6-2-1-3-10-6/h1-4H/p+1. The Kier molecular flexibility index (Phi) is 1.71. The molecule has 4 heteroatoms. The fourth-order valence-corrected chi connectivity index (χ4v) is 0.543. The normalized spacial score (nSPS) is 10.9. The van der Waals surface area contributed by atoms with E-state index in [1.807, 2.05) is 0 Å². The molecular formula is C6H5N2O2+. The van der Waals surface area contributed by atoms with Crippen LogP contribution in [0.15, 0.2) is 29.0 Å². The molecule has 0 fully saturated rings. The summed E-state index contributed by atoms with van der Waals surface area (Å²) in [5.41, 5.74) is 0. The fraction of sp³-hybridized carbons (Fsp3) is 0. The molecule has 0 saturated carbocycles. The lowest BCUT2D eigenvalue weighted by Gasteiger charge is -1.83. The molecule has 0 radical (unpaired) electrons. The summed E-state index contributed by atoms with van der Waals surface area (Å²) in [6.07, 6.45) is 2.30. The van der Waals surface area contributed by atoms with Crippen LogP contribution >= 0.6 is 0 Å². The monoisotopic (exact) mass is 137 g/mol. The molecule has 0 aromatic carbocycles. The van der Waals surface area contributed by atoms with Crippen molar-refractivity contribution in [1.29, 1.82) is 5.39 Å². The summed E-state index contributed by atoms with van der Waals surface area (Å²) < 4.78 is 4.76. The molecule has 0 amide bonds. The number of diazo groups is 1. The van der Waals surface area contributed by atoms with Gasteiger partial charge in [-0.2, -0.15) is 0 Å². The number of aliphatic hydroxyl groups excluding tert-OH is 1. The average molecular weight is 137 g/mol. The van der Waals surface area contributed by atoms with Crippen molar-refractivity contribution in [2.45, 2.75) is 0 Å². The molecule has 1 heterocycles. The molecule has 1 rings (SSSR count). The second-order valence-corrected chi connectivity index (χ2v) is 1.61. The topological polar surface area (TPSA) is 61.5 Å². The summed E-state index contributed by atoms with van der Waals surface area (Å²) in [5, 5.41) is 16.9. The Morgan fingerprint density at radius 2 is 2.60 bits per heavy atom. The van der Waals surface area contributed by atoms with Gasteiger partial charge < -0.3 is 9.52 Å². The van der Waals surface area contributed by atoms with E-state index in [1.165, 1.54) is 6.26 Å². The van der Waals surface area contributed by atoms with Gasteiger partial charge in [-0.3, -0.25) is 0 Å². The highest BCUT2D eigenvalue weighted by atomic mass is 16.4. The second-order valence-electron chi connectivity index (χ2n) is 1.61. The highest BCUT2D eigenvalue weighted by molar-refractivity contribution is 5.53. The van der Waals surface area contributed by atoms with Crippen molar-refractivity contribution in [3.8, 4) is 0 Å². The summed E-state index contributed by atoms with van der Waals surface area (Å²) in [6.45, 7) is 0. The van der Waals surface area contributed by atoms with Crippen LogP contribution in [0.25, 0.3) is 10.7 Å². The third-order valence-corrected chi connectivity index (χ3v) is 0.954. The van der Waals surface area contributed by atoms with Gasteiger partial charge in [0.1, 0.15) is 0 Å². The first kappa shape index (κ1) is 6.36. The smallest absolute Gasteiger partial charge is 0.395 e. The zero-order chi connectivity index (χ0) is 7.40. The molecule has 0 aliphatic carbocycles. The molecule has 0 atom stereocenters. The van der Waals surface area contributed by atoms with E-state index in [0.29, 0.717) is 0 Å². The number of furan rings is 1. The molecule has 1 aromatic heterocycles. The van der Waals surface area contributed by atoms with Gasteiger partial charge in [0.05, 0.1) is 6.26 Å². The molecule has 50 valence electrons. The van der Waals surface area contributed by atoms with Gasteiger partial charge in [0.15, 0.2) is 10.7 Å². The van der Waals surface area contributed by atoms with Gasteiger partial charge in [-0.1, -0.05) is 0 Å². The largest absolute Gasteiger partial charge is 0.499 e. The van der Waals surface area contributed by atoms with Gasteiger partial charge in [0.2, 0.25) is 11.2 Å². The average Bonchev–Trinajstić information content (AvgIpc) is 2.38. The van der Waals surface area contributed by atoms with E-state index < -0.39 is 0 Å². The van der Waals surface area contributed by atoms with E-state index >= 15 is 0 Å². The maximum atomic E-state index is 8.92. The van der Waals surface area contributed by atoms with Gasteiger partial charge in [0.25, 0.3) is 0 Å². The Balaban J connectivity index is 2.90. The second kappa shape index (κ2) is 2.69. The van der Waals surface area contributed by atoms with Crippen LogP contribution in [0.2, 0.25) is 0 Å². The predicted molar refractivity (Wildman–Crippen MR) is 34.4 cm³/mol.